The van der Waals surface area contributed by atoms with Crippen LogP contribution in [-0.4, -0.2) is 28.6 Å². The zero-order valence-electron chi connectivity index (χ0n) is 11.5. The fourth-order valence-corrected chi connectivity index (χ4v) is 3.67. The van der Waals surface area contributed by atoms with Crippen LogP contribution in [0, 0.1) is 6.92 Å². The van der Waals surface area contributed by atoms with E-state index in [9.17, 15) is 4.79 Å². The van der Waals surface area contributed by atoms with Gasteiger partial charge in [-0.05, 0) is 32.1 Å². The number of thioether (sulfide) groups is 1. The van der Waals surface area contributed by atoms with Crippen molar-refractivity contribution in [2.75, 3.05) is 12.8 Å². The molecule has 0 bridgehead atoms. The summed E-state index contributed by atoms with van der Waals surface area (Å²) in [6, 6.07) is 1.62. The summed E-state index contributed by atoms with van der Waals surface area (Å²) in [6.07, 6.45) is 7.32. The molecule has 106 valence electrons. The van der Waals surface area contributed by atoms with Crippen LogP contribution >= 0.6 is 11.8 Å². The highest BCUT2D eigenvalue weighted by Gasteiger charge is 2.32. The minimum atomic E-state index is -0.927. The molecule has 0 spiro atoms. The highest BCUT2D eigenvalue weighted by atomic mass is 32.2. The van der Waals surface area contributed by atoms with Crippen LogP contribution in [0.5, 0.6) is 0 Å². The minimum absolute atomic E-state index is 0.261. The van der Waals surface area contributed by atoms with Gasteiger partial charge < -0.3 is 14.8 Å². The van der Waals surface area contributed by atoms with Crippen molar-refractivity contribution in [3.63, 3.8) is 0 Å². The number of aryl methyl sites for hydroxylation is 1. The summed E-state index contributed by atoms with van der Waals surface area (Å²) in [5.41, 5.74) is 0.261. The van der Waals surface area contributed by atoms with Gasteiger partial charge in [-0.3, -0.25) is 0 Å². The van der Waals surface area contributed by atoms with E-state index in [2.05, 4.69) is 11.6 Å². The van der Waals surface area contributed by atoms with Crippen LogP contribution < -0.4 is 5.32 Å². The Hall–Kier alpha value is -0.940. The Kier molecular flexibility index (Phi) is 4.58. The van der Waals surface area contributed by atoms with Crippen molar-refractivity contribution in [1.29, 1.82) is 0 Å². The van der Waals surface area contributed by atoms with Crippen molar-refractivity contribution >= 4 is 17.7 Å². The summed E-state index contributed by atoms with van der Waals surface area (Å²) in [5, 5.41) is 12.4. The van der Waals surface area contributed by atoms with Crippen molar-refractivity contribution < 1.29 is 14.3 Å². The Balaban J connectivity index is 1.89. The highest BCUT2D eigenvalue weighted by molar-refractivity contribution is 8.00. The van der Waals surface area contributed by atoms with Gasteiger partial charge >= 0.3 is 5.97 Å². The van der Waals surface area contributed by atoms with Gasteiger partial charge in [-0.1, -0.05) is 12.8 Å². The number of carboxylic acid groups (broad SMARTS) is 1. The quantitative estimate of drug-likeness (QED) is 0.840. The largest absolute Gasteiger partial charge is 0.478 e. The molecule has 1 aromatic rings. The molecule has 2 N–H and O–H groups in total. The lowest BCUT2D eigenvalue weighted by molar-refractivity contribution is 0.0695. The molecule has 5 heteroatoms. The molecule has 1 saturated carbocycles. The van der Waals surface area contributed by atoms with E-state index in [4.69, 9.17) is 9.52 Å². The molecule has 0 amide bonds. The number of hydrogen-bond acceptors (Lipinski definition) is 4. The van der Waals surface area contributed by atoms with Crippen molar-refractivity contribution in [3.05, 3.63) is 23.2 Å². The SMILES string of the molecule is CSC1(CNCc2cc(C(=O)O)c(C)o2)CCCC1. The van der Waals surface area contributed by atoms with Crippen LogP contribution in [0.15, 0.2) is 10.5 Å². The van der Waals surface area contributed by atoms with Crippen LogP contribution in [0.25, 0.3) is 0 Å². The predicted octanol–water partition coefficient (Wildman–Crippen LogP) is 3.05. The molecule has 1 aromatic heterocycles. The second-order valence-electron chi connectivity index (χ2n) is 5.19. The molecule has 1 aliphatic rings. The molecule has 0 aliphatic heterocycles. The van der Waals surface area contributed by atoms with Gasteiger partial charge in [0.05, 0.1) is 6.54 Å². The van der Waals surface area contributed by atoms with Gasteiger partial charge in [-0.2, -0.15) is 11.8 Å². The highest BCUT2D eigenvalue weighted by Crippen LogP contribution is 2.39. The molecule has 2 rings (SSSR count). The predicted molar refractivity (Wildman–Crippen MR) is 76.8 cm³/mol. The van der Waals surface area contributed by atoms with E-state index in [-0.39, 0.29) is 5.56 Å². The molecule has 4 nitrogen and oxygen atoms in total. The van der Waals surface area contributed by atoms with E-state index < -0.39 is 5.97 Å². The smallest absolute Gasteiger partial charge is 0.339 e. The lowest BCUT2D eigenvalue weighted by Crippen LogP contribution is -2.34. The maximum Gasteiger partial charge on any atom is 0.339 e. The fourth-order valence-electron chi connectivity index (χ4n) is 2.73. The van der Waals surface area contributed by atoms with E-state index in [1.807, 2.05) is 11.8 Å². The Labute approximate surface area is 117 Å². The minimum Gasteiger partial charge on any atom is -0.478 e. The molecule has 1 heterocycles. The van der Waals surface area contributed by atoms with Crippen LogP contribution in [-0.2, 0) is 6.54 Å². The van der Waals surface area contributed by atoms with Crippen LogP contribution in [0.2, 0.25) is 0 Å². The summed E-state index contributed by atoms with van der Waals surface area (Å²) in [5.74, 6) is 0.248. The molecular weight excluding hydrogens is 262 g/mol. The zero-order valence-corrected chi connectivity index (χ0v) is 12.3. The summed E-state index contributed by atoms with van der Waals surface area (Å²) in [4.78, 5) is 10.9. The van der Waals surface area contributed by atoms with E-state index in [1.165, 1.54) is 25.7 Å². The van der Waals surface area contributed by atoms with Gasteiger partial charge in [0.2, 0.25) is 0 Å². The first-order valence-corrected chi connectivity index (χ1v) is 7.87. The van der Waals surface area contributed by atoms with Gasteiger partial charge in [0.25, 0.3) is 0 Å². The average Bonchev–Trinajstić information content (AvgIpc) is 2.97. The topological polar surface area (TPSA) is 62.5 Å². The lowest BCUT2D eigenvalue weighted by Gasteiger charge is -2.26. The monoisotopic (exact) mass is 283 g/mol. The first-order valence-electron chi connectivity index (χ1n) is 6.65. The third kappa shape index (κ3) is 3.34. The number of carbonyl (C=O) groups is 1. The molecule has 0 saturated heterocycles. The standard InChI is InChI=1S/C14H21NO3S/c1-10-12(13(16)17)7-11(18-10)8-15-9-14(19-2)5-3-4-6-14/h7,15H,3-6,8-9H2,1-2H3,(H,16,17). The summed E-state index contributed by atoms with van der Waals surface area (Å²) < 4.78 is 5.82. The van der Waals surface area contributed by atoms with E-state index in [0.29, 0.717) is 22.8 Å². The lowest BCUT2D eigenvalue weighted by atomic mass is 10.1. The summed E-state index contributed by atoms with van der Waals surface area (Å²) >= 11 is 1.94. The Bertz CT molecular complexity index is 450. The van der Waals surface area contributed by atoms with Crippen molar-refractivity contribution in [3.8, 4) is 0 Å². The van der Waals surface area contributed by atoms with Crippen molar-refractivity contribution in [1.82, 2.24) is 5.32 Å². The second kappa shape index (κ2) is 6.01. The molecule has 0 aromatic carbocycles. The van der Waals surface area contributed by atoms with E-state index >= 15 is 0 Å². The summed E-state index contributed by atoms with van der Waals surface area (Å²) in [6.45, 7) is 3.24. The van der Waals surface area contributed by atoms with Gasteiger partial charge in [-0.25, -0.2) is 4.79 Å². The molecule has 19 heavy (non-hydrogen) atoms. The van der Waals surface area contributed by atoms with Gasteiger partial charge in [-0.15, -0.1) is 0 Å². The number of nitrogens with one attached hydrogen (secondary N) is 1. The zero-order chi connectivity index (χ0) is 13.9. The number of rotatable bonds is 6. The van der Waals surface area contributed by atoms with Crippen molar-refractivity contribution in [2.45, 2.75) is 43.9 Å². The first-order chi connectivity index (χ1) is 9.06. The Morgan fingerprint density at radius 3 is 2.74 bits per heavy atom. The first kappa shape index (κ1) is 14.5. The number of carboxylic acids is 1. The van der Waals surface area contributed by atoms with Crippen molar-refractivity contribution in [2.24, 2.45) is 0 Å². The van der Waals surface area contributed by atoms with Gasteiger partial charge in [0.15, 0.2) is 0 Å². The molecule has 0 unspecified atom stereocenters. The van der Waals surface area contributed by atoms with Crippen LogP contribution in [0.4, 0.5) is 0 Å². The molecule has 1 aliphatic carbocycles. The maximum atomic E-state index is 10.9. The van der Waals surface area contributed by atoms with Crippen LogP contribution in [0.3, 0.4) is 0 Å². The Morgan fingerprint density at radius 2 is 2.21 bits per heavy atom. The fraction of sp³-hybridized carbons (Fsp3) is 0.643. The summed E-state index contributed by atoms with van der Waals surface area (Å²) in [7, 11) is 0. The molecule has 0 radical (unpaired) electrons. The third-order valence-corrected chi connectivity index (χ3v) is 5.31. The molecule has 1 fully saturated rings. The normalized spacial score (nSPS) is 17.8. The number of hydrogen-bond donors (Lipinski definition) is 2. The molecular formula is C14H21NO3S. The van der Waals surface area contributed by atoms with Gasteiger partial charge in [0, 0.05) is 11.3 Å². The van der Waals surface area contributed by atoms with E-state index in [0.717, 1.165) is 6.54 Å². The molecule has 0 atom stereocenters. The second-order valence-corrected chi connectivity index (χ2v) is 6.46. The van der Waals surface area contributed by atoms with E-state index in [1.54, 1.807) is 13.0 Å². The third-order valence-electron chi connectivity index (χ3n) is 3.89. The Morgan fingerprint density at radius 1 is 1.53 bits per heavy atom. The maximum absolute atomic E-state index is 10.9. The number of furan rings is 1. The number of aromatic carboxylic acids is 1. The van der Waals surface area contributed by atoms with Crippen LogP contribution in [0.1, 0.15) is 47.6 Å². The van der Waals surface area contributed by atoms with Gasteiger partial charge in [0.1, 0.15) is 17.1 Å². The average molecular weight is 283 g/mol.